The molecular formula is C19H19NO3. The summed E-state index contributed by atoms with van der Waals surface area (Å²) in [7, 11) is 0. The molecule has 3 rings (SSSR count). The number of carbonyl (C=O) groups excluding carboxylic acids is 1. The average molecular weight is 309 g/mol. The number of carbonyl (C=O) groups is 1. The Morgan fingerprint density at radius 2 is 1.70 bits per heavy atom. The molecule has 0 radical (unpaired) electrons. The molecule has 118 valence electrons. The molecule has 2 aromatic rings. The first-order valence-corrected chi connectivity index (χ1v) is 7.63. The molecule has 4 nitrogen and oxygen atoms in total. The van der Waals surface area contributed by atoms with E-state index in [1.54, 1.807) is 6.92 Å². The average Bonchev–Trinajstić information content (AvgIpc) is 2.97. The van der Waals surface area contributed by atoms with Gasteiger partial charge in [-0.3, -0.25) is 0 Å². The van der Waals surface area contributed by atoms with Gasteiger partial charge in [-0.2, -0.15) is 0 Å². The maximum Gasteiger partial charge on any atom is 0.281 e. The van der Waals surface area contributed by atoms with Crippen molar-refractivity contribution in [3.8, 4) is 0 Å². The van der Waals surface area contributed by atoms with Crippen LogP contribution < -0.4 is 0 Å². The zero-order chi connectivity index (χ0) is 16.3. The van der Waals surface area contributed by atoms with Gasteiger partial charge in [-0.05, 0) is 29.8 Å². The Labute approximate surface area is 135 Å². The van der Waals surface area contributed by atoms with Gasteiger partial charge in [0, 0.05) is 18.9 Å². The fraction of sp³-hybridized carbons (Fsp3) is 0.263. The minimum Gasteiger partial charge on any atom is -0.430 e. The number of oxime groups is 1. The van der Waals surface area contributed by atoms with E-state index < -0.39 is 5.79 Å². The molecule has 2 aromatic carbocycles. The Kier molecular flexibility index (Phi) is 4.15. The second-order valence-electron chi connectivity index (χ2n) is 5.84. The van der Waals surface area contributed by atoms with Crippen LogP contribution in [0.25, 0.3) is 0 Å². The Hall–Kier alpha value is -2.62. The predicted octanol–water partition coefficient (Wildman–Crippen LogP) is 3.87. The minimum atomic E-state index is -1.00. The first-order chi connectivity index (χ1) is 11.1. The normalized spacial score (nSPS) is 21.0. The molecule has 0 bridgehead atoms. The zero-order valence-electron chi connectivity index (χ0n) is 13.2. The van der Waals surface area contributed by atoms with Crippen LogP contribution in [0.3, 0.4) is 0 Å². The smallest absolute Gasteiger partial charge is 0.281 e. The van der Waals surface area contributed by atoms with E-state index in [1.165, 1.54) is 0 Å². The standard InChI is InChI=1S/C19H19NO3/c1-14(21)13-17(15-9-5-3-6-10-15)19(2)22-18(20-23-19)16-11-7-4-8-12-16/h3-12,17H,13H2,1-2H3. The van der Waals surface area contributed by atoms with Crippen molar-refractivity contribution in [2.45, 2.75) is 32.0 Å². The molecule has 2 atom stereocenters. The second kappa shape index (κ2) is 6.24. The van der Waals surface area contributed by atoms with E-state index in [4.69, 9.17) is 9.57 Å². The molecule has 0 aromatic heterocycles. The van der Waals surface area contributed by atoms with Crippen LogP contribution in [0.15, 0.2) is 65.8 Å². The minimum absolute atomic E-state index is 0.0837. The molecular weight excluding hydrogens is 290 g/mol. The maximum atomic E-state index is 11.7. The molecule has 0 amide bonds. The molecule has 0 saturated carbocycles. The molecule has 2 unspecified atom stereocenters. The molecule has 0 saturated heterocycles. The summed E-state index contributed by atoms with van der Waals surface area (Å²) in [5.41, 5.74) is 1.85. The SMILES string of the molecule is CC(=O)CC(c1ccccc1)C1(C)ON=C(c2ccccc2)O1. The highest BCUT2D eigenvalue weighted by Crippen LogP contribution is 2.39. The van der Waals surface area contributed by atoms with Gasteiger partial charge < -0.3 is 14.4 Å². The summed E-state index contributed by atoms with van der Waals surface area (Å²) in [5, 5.41) is 4.10. The largest absolute Gasteiger partial charge is 0.430 e. The summed E-state index contributed by atoms with van der Waals surface area (Å²) in [4.78, 5) is 17.4. The van der Waals surface area contributed by atoms with Crippen LogP contribution in [0.5, 0.6) is 0 Å². The fourth-order valence-electron chi connectivity index (χ4n) is 2.77. The van der Waals surface area contributed by atoms with E-state index in [9.17, 15) is 4.79 Å². The summed E-state index contributed by atoms with van der Waals surface area (Å²) >= 11 is 0. The van der Waals surface area contributed by atoms with E-state index >= 15 is 0 Å². The Morgan fingerprint density at radius 3 is 2.30 bits per heavy atom. The van der Waals surface area contributed by atoms with Gasteiger partial charge in [-0.15, -0.1) is 0 Å². The number of Topliss-reactive ketones (excluding diaryl/α,β-unsaturated/α-hetero) is 1. The van der Waals surface area contributed by atoms with Crippen LogP contribution in [0.1, 0.15) is 37.3 Å². The zero-order valence-corrected chi connectivity index (χ0v) is 13.2. The van der Waals surface area contributed by atoms with E-state index in [1.807, 2.05) is 67.6 Å². The number of ether oxygens (including phenoxy) is 1. The van der Waals surface area contributed by atoms with Gasteiger partial charge in [0.2, 0.25) is 0 Å². The Balaban J connectivity index is 1.87. The molecule has 1 aliphatic heterocycles. The van der Waals surface area contributed by atoms with Crippen molar-refractivity contribution in [3.63, 3.8) is 0 Å². The number of benzene rings is 2. The molecule has 0 fully saturated rings. The van der Waals surface area contributed by atoms with Crippen LogP contribution in [-0.2, 0) is 14.4 Å². The highest BCUT2D eigenvalue weighted by Gasteiger charge is 2.45. The second-order valence-corrected chi connectivity index (χ2v) is 5.84. The summed E-state index contributed by atoms with van der Waals surface area (Å²) < 4.78 is 6.03. The third kappa shape index (κ3) is 3.26. The molecule has 0 aliphatic carbocycles. The summed E-state index contributed by atoms with van der Waals surface area (Å²) in [6.07, 6.45) is 0.331. The van der Waals surface area contributed by atoms with Gasteiger partial charge in [0.25, 0.3) is 11.7 Å². The van der Waals surface area contributed by atoms with Crippen molar-refractivity contribution in [2.24, 2.45) is 5.16 Å². The molecule has 1 aliphatic rings. The van der Waals surface area contributed by atoms with Gasteiger partial charge in [0.1, 0.15) is 5.78 Å². The van der Waals surface area contributed by atoms with E-state index in [-0.39, 0.29) is 11.7 Å². The highest BCUT2D eigenvalue weighted by atomic mass is 16.8. The van der Waals surface area contributed by atoms with E-state index in [2.05, 4.69) is 5.16 Å². The van der Waals surface area contributed by atoms with Crippen LogP contribution in [0.4, 0.5) is 0 Å². The Bertz CT molecular complexity index is 712. The van der Waals surface area contributed by atoms with Gasteiger partial charge >= 0.3 is 0 Å². The van der Waals surface area contributed by atoms with Crippen LogP contribution >= 0.6 is 0 Å². The van der Waals surface area contributed by atoms with Crippen molar-refractivity contribution in [2.75, 3.05) is 0 Å². The molecule has 0 N–H and O–H groups in total. The van der Waals surface area contributed by atoms with Gasteiger partial charge in [0.05, 0.1) is 5.92 Å². The lowest BCUT2D eigenvalue weighted by molar-refractivity contribution is -0.166. The van der Waals surface area contributed by atoms with Crippen LogP contribution in [0.2, 0.25) is 0 Å². The van der Waals surface area contributed by atoms with Crippen molar-refractivity contribution >= 4 is 11.7 Å². The van der Waals surface area contributed by atoms with Gasteiger partial charge in [-0.1, -0.05) is 48.5 Å². The fourth-order valence-corrected chi connectivity index (χ4v) is 2.77. The lowest BCUT2D eigenvalue weighted by Gasteiger charge is -2.30. The molecule has 1 heterocycles. The Morgan fingerprint density at radius 1 is 1.09 bits per heavy atom. The number of nitrogens with zero attached hydrogens (tertiary/aromatic N) is 1. The first-order valence-electron chi connectivity index (χ1n) is 7.63. The number of ketones is 1. The van der Waals surface area contributed by atoms with Crippen LogP contribution in [-0.4, -0.2) is 17.5 Å². The number of hydrogen-bond acceptors (Lipinski definition) is 4. The molecule has 0 spiro atoms. The summed E-state index contributed by atoms with van der Waals surface area (Å²) in [5.74, 6) is -0.706. The van der Waals surface area contributed by atoms with Crippen molar-refractivity contribution < 1.29 is 14.4 Å². The first kappa shape index (κ1) is 15.3. The third-order valence-corrected chi connectivity index (χ3v) is 3.96. The summed E-state index contributed by atoms with van der Waals surface area (Å²) in [6.45, 7) is 3.40. The maximum absolute atomic E-state index is 11.7. The van der Waals surface area contributed by atoms with E-state index in [0.29, 0.717) is 12.3 Å². The highest BCUT2D eigenvalue weighted by molar-refractivity contribution is 5.94. The molecule has 4 heteroatoms. The lowest BCUT2D eigenvalue weighted by atomic mass is 9.87. The van der Waals surface area contributed by atoms with Crippen molar-refractivity contribution in [3.05, 3.63) is 71.8 Å². The quantitative estimate of drug-likeness (QED) is 0.842. The predicted molar refractivity (Wildman–Crippen MR) is 88.0 cm³/mol. The number of hydrogen-bond donors (Lipinski definition) is 0. The van der Waals surface area contributed by atoms with E-state index in [0.717, 1.165) is 11.1 Å². The summed E-state index contributed by atoms with van der Waals surface area (Å²) in [6, 6.07) is 19.4. The van der Waals surface area contributed by atoms with Gasteiger partial charge in [0.15, 0.2) is 0 Å². The van der Waals surface area contributed by atoms with Crippen LogP contribution in [0, 0.1) is 0 Å². The lowest BCUT2D eigenvalue weighted by Crippen LogP contribution is -2.37. The van der Waals surface area contributed by atoms with Gasteiger partial charge in [-0.25, -0.2) is 0 Å². The topological polar surface area (TPSA) is 47.9 Å². The van der Waals surface area contributed by atoms with Crippen molar-refractivity contribution in [1.29, 1.82) is 0 Å². The molecule has 23 heavy (non-hydrogen) atoms. The number of rotatable bonds is 5. The van der Waals surface area contributed by atoms with Crippen molar-refractivity contribution in [1.82, 2.24) is 0 Å². The third-order valence-electron chi connectivity index (χ3n) is 3.96. The monoisotopic (exact) mass is 309 g/mol.